The maximum atomic E-state index is 12.2. The normalized spacial score (nSPS) is 10.8. The van der Waals surface area contributed by atoms with Crippen LogP contribution in [0.25, 0.3) is 22.7 Å². The molecule has 0 aliphatic carbocycles. The van der Waals surface area contributed by atoms with Gasteiger partial charge in [-0.15, -0.1) is 0 Å². The first-order chi connectivity index (χ1) is 12.2. The molecule has 0 fully saturated rings. The second kappa shape index (κ2) is 6.37. The first-order valence-corrected chi connectivity index (χ1v) is 7.86. The molecule has 0 N–H and O–H groups in total. The van der Waals surface area contributed by atoms with Crippen molar-refractivity contribution in [3.8, 4) is 17.3 Å². The molecule has 0 bridgehead atoms. The van der Waals surface area contributed by atoms with Gasteiger partial charge in [0.25, 0.3) is 0 Å². The third-order valence-corrected chi connectivity index (χ3v) is 3.79. The van der Waals surface area contributed by atoms with Gasteiger partial charge in [-0.3, -0.25) is 4.98 Å². The average molecular weight is 351 g/mol. The molecule has 0 unspecified atom stereocenters. The number of aromatic nitrogens is 2. The molecule has 0 amide bonds. The maximum Gasteiger partial charge on any atom is 0.343 e. The van der Waals surface area contributed by atoms with Crippen LogP contribution in [0.3, 0.4) is 0 Å². The highest BCUT2D eigenvalue weighted by Crippen LogP contribution is 2.26. The Kier molecular flexibility index (Phi) is 3.91. The van der Waals surface area contributed by atoms with Crippen molar-refractivity contribution in [1.82, 2.24) is 9.97 Å². The van der Waals surface area contributed by atoms with Crippen LogP contribution in [-0.2, 0) is 0 Å². The number of ether oxygens (including phenoxy) is 1. The molecular formula is C19H11ClN2O3. The quantitative estimate of drug-likeness (QED) is 0.393. The number of benzene rings is 2. The summed E-state index contributed by atoms with van der Waals surface area (Å²) in [4.78, 5) is 20.8. The summed E-state index contributed by atoms with van der Waals surface area (Å²) in [5.41, 5.74) is 2.23. The van der Waals surface area contributed by atoms with Gasteiger partial charge >= 0.3 is 5.97 Å². The SMILES string of the molecule is O=C(Oc1ccc2nc(-c3ccccn3)oc2c1)c1ccc(Cl)cc1. The molecule has 2 heterocycles. The van der Waals surface area contributed by atoms with E-state index in [1.807, 2.05) is 18.2 Å². The molecular weight excluding hydrogens is 340 g/mol. The summed E-state index contributed by atoms with van der Waals surface area (Å²) >= 11 is 5.82. The number of hydrogen-bond acceptors (Lipinski definition) is 5. The number of esters is 1. The van der Waals surface area contributed by atoms with Crippen LogP contribution in [0, 0.1) is 0 Å². The van der Waals surface area contributed by atoms with Gasteiger partial charge in [0.15, 0.2) is 5.58 Å². The van der Waals surface area contributed by atoms with Crippen LogP contribution in [0.5, 0.6) is 5.75 Å². The minimum Gasteiger partial charge on any atom is -0.435 e. The highest BCUT2D eigenvalue weighted by molar-refractivity contribution is 6.30. The highest BCUT2D eigenvalue weighted by atomic mass is 35.5. The number of hydrogen-bond donors (Lipinski definition) is 0. The summed E-state index contributed by atoms with van der Waals surface area (Å²) in [6, 6.07) is 17.0. The van der Waals surface area contributed by atoms with Crippen LogP contribution in [0.15, 0.2) is 71.3 Å². The fourth-order valence-corrected chi connectivity index (χ4v) is 2.45. The summed E-state index contributed by atoms with van der Waals surface area (Å²) in [6.07, 6.45) is 1.67. The third-order valence-electron chi connectivity index (χ3n) is 3.53. The Labute approximate surface area is 147 Å². The minimum absolute atomic E-state index is 0.371. The van der Waals surface area contributed by atoms with Crippen LogP contribution in [0.1, 0.15) is 10.4 Å². The van der Waals surface area contributed by atoms with Gasteiger partial charge < -0.3 is 9.15 Å². The van der Waals surface area contributed by atoms with E-state index in [1.165, 1.54) is 0 Å². The molecule has 0 radical (unpaired) electrons. The maximum absolute atomic E-state index is 12.2. The lowest BCUT2D eigenvalue weighted by molar-refractivity contribution is 0.0735. The number of oxazole rings is 1. The Morgan fingerprint density at radius 2 is 1.88 bits per heavy atom. The van der Waals surface area contributed by atoms with Crippen molar-refractivity contribution in [2.24, 2.45) is 0 Å². The monoisotopic (exact) mass is 350 g/mol. The molecule has 0 saturated heterocycles. The van der Waals surface area contributed by atoms with Gasteiger partial charge in [0.05, 0.1) is 5.56 Å². The minimum atomic E-state index is -0.472. The standard InChI is InChI=1S/C19H11ClN2O3/c20-13-6-4-12(5-7-13)19(23)24-14-8-9-15-17(11-14)25-18(22-15)16-3-1-2-10-21-16/h1-11H. The predicted molar refractivity (Wildman–Crippen MR) is 93.7 cm³/mol. The van der Waals surface area contributed by atoms with E-state index in [0.717, 1.165) is 0 Å². The summed E-state index contributed by atoms with van der Waals surface area (Å²) in [6.45, 7) is 0. The van der Waals surface area contributed by atoms with Crippen molar-refractivity contribution < 1.29 is 13.9 Å². The lowest BCUT2D eigenvalue weighted by Crippen LogP contribution is -2.07. The lowest BCUT2D eigenvalue weighted by Gasteiger charge is -2.03. The molecule has 0 spiro atoms. The summed E-state index contributed by atoms with van der Waals surface area (Å²) < 4.78 is 11.1. The molecule has 6 heteroatoms. The van der Waals surface area contributed by atoms with E-state index in [2.05, 4.69) is 9.97 Å². The molecule has 0 atom stereocenters. The van der Waals surface area contributed by atoms with E-state index in [4.69, 9.17) is 20.8 Å². The summed E-state index contributed by atoms with van der Waals surface area (Å²) in [5.74, 6) is 0.313. The number of pyridine rings is 1. The van der Waals surface area contributed by atoms with Crippen LogP contribution in [-0.4, -0.2) is 15.9 Å². The number of halogens is 1. The third kappa shape index (κ3) is 3.22. The van der Waals surface area contributed by atoms with Crippen molar-refractivity contribution in [3.63, 3.8) is 0 Å². The van der Waals surface area contributed by atoms with Gasteiger partial charge in [-0.05, 0) is 48.5 Å². The number of fused-ring (bicyclic) bond motifs is 1. The lowest BCUT2D eigenvalue weighted by atomic mass is 10.2. The topological polar surface area (TPSA) is 65.2 Å². The average Bonchev–Trinajstić information content (AvgIpc) is 3.06. The Balaban J connectivity index is 1.61. The molecule has 2 aromatic heterocycles. The van der Waals surface area contributed by atoms with Gasteiger partial charge in [-0.25, -0.2) is 9.78 Å². The number of rotatable bonds is 3. The van der Waals surface area contributed by atoms with Crippen molar-refractivity contribution in [2.45, 2.75) is 0 Å². The predicted octanol–water partition coefficient (Wildman–Crippen LogP) is 4.76. The van der Waals surface area contributed by atoms with E-state index in [-0.39, 0.29) is 0 Å². The van der Waals surface area contributed by atoms with Crippen LogP contribution in [0.4, 0.5) is 0 Å². The smallest absolute Gasteiger partial charge is 0.343 e. The number of carbonyl (C=O) groups excluding carboxylic acids is 1. The Hall–Kier alpha value is -3.18. The van der Waals surface area contributed by atoms with E-state index in [9.17, 15) is 4.79 Å². The fourth-order valence-electron chi connectivity index (χ4n) is 2.32. The van der Waals surface area contributed by atoms with E-state index < -0.39 is 5.97 Å². The summed E-state index contributed by atoms with van der Waals surface area (Å²) in [5, 5.41) is 0.557. The van der Waals surface area contributed by atoms with Crippen LogP contribution < -0.4 is 4.74 Å². The second-order valence-electron chi connectivity index (χ2n) is 5.26. The van der Waals surface area contributed by atoms with Gasteiger partial charge in [-0.1, -0.05) is 17.7 Å². The van der Waals surface area contributed by atoms with Crippen molar-refractivity contribution in [2.75, 3.05) is 0 Å². The largest absolute Gasteiger partial charge is 0.435 e. The van der Waals surface area contributed by atoms with Crippen molar-refractivity contribution in [3.05, 3.63) is 77.4 Å². The number of nitrogens with zero attached hydrogens (tertiary/aromatic N) is 2. The fraction of sp³-hybridized carbons (Fsp3) is 0. The molecule has 25 heavy (non-hydrogen) atoms. The molecule has 4 rings (SSSR count). The zero-order chi connectivity index (χ0) is 17.2. The van der Waals surface area contributed by atoms with Crippen LogP contribution in [0.2, 0.25) is 5.02 Å². The second-order valence-corrected chi connectivity index (χ2v) is 5.70. The summed E-state index contributed by atoms with van der Waals surface area (Å²) in [7, 11) is 0. The van der Waals surface area contributed by atoms with Crippen molar-refractivity contribution in [1.29, 1.82) is 0 Å². The van der Waals surface area contributed by atoms with Crippen LogP contribution >= 0.6 is 11.6 Å². The number of carbonyl (C=O) groups is 1. The zero-order valence-corrected chi connectivity index (χ0v) is 13.6. The van der Waals surface area contributed by atoms with Crippen molar-refractivity contribution >= 4 is 28.7 Å². The van der Waals surface area contributed by atoms with Gasteiger partial charge in [0.2, 0.25) is 5.89 Å². The molecule has 0 aliphatic heterocycles. The Morgan fingerprint density at radius 3 is 2.64 bits per heavy atom. The molecule has 5 nitrogen and oxygen atoms in total. The zero-order valence-electron chi connectivity index (χ0n) is 12.8. The molecule has 4 aromatic rings. The van der Waals surface area contributed by atoms with E-state index in [1.54, 1.807) is 48.7 Å². The molecule has 0 saturated carbocycles. The first kappa shape index (κ1) is 15.4. The van der Waals surface area contributed by atoms with E-state index in [0.29, 0.717) is 39.0 Å². The Bertz CT molecular complexity index is 1040. The van der Waals surface area contributed by atoms with E-state index >= 15 is 0 Å². The highest BCUT2D eigenvalue weighted by Gasteiger charge is 2.12. The van der Waals surface area contributed by atoms with Gasteiger partial charge in [0.1, 0.15) is 17.0 Å². The molecule has 122 valence electrons. The Morgan fingerprint density at radius 1 is 1.04 bits per heavy atom. The molecule has 0 aliphatic rings. The molecule has 2 aromatic carbocycles. The van der Waals surface area contributed by atoms with Gasteiger partial charge in [0, 0.05) is 17.3 Å². The van der Waals surface area contributed by atoms with Gasteiger partial charge in [-0.2, -0.15) is 0 Å². The first-order valence-electron chi connectivity index (χ1n) is 7.49.